The van der Waals surface area contributed by atoms with Gasteiger partial charge in [0.05, 0.1) is 26.3 Å². The number of hydrogen-bond donors (Lipinski definition) is 2. The SMILES string of the molecule is COc1ccc([C@@H]2CC(=O)c3c(O)cc(OCc4cn(Cc5cccc(Cl)c5)nn4)cc3O2)cc1O. The average molecular weight is 508 g/mol. The molecule has 1 atom stereocenters. The van der Waals surface area contributed by atoms with Crippen LogP contribution in [0.1, 0.15) is 39.7 Å². The van der Waals surface area contributed by atoms with Crippen molar-refractivity contribution in [3.05, 3.63) is 88.2 Å². The number of carbonyl (C=O) groups excluding carboxylic acids is 1. The van der Waals surface area contributed by atoms with Crippen molar-refractivity contribution in [2.24, 2.45) is 0 Å². The Bertz CT molecular complexity index is 1440. The van der Waals surface area contributed by atoms with Crippen LogP contribution in [0.2, 0.25) is 5.02 Å². The van der Waals surface area contributed by atoms with E-state index in [9.17, 15) is 15.0 Å². The predicted molar refractivity (Wildman–Crippen MR) is 130 cm³/mol. The van der Waals surface area contributed by atoms with E-state index < -0.39 is 6.10 Å². The number of hydrogen-bond acceptors (Lipinski definition) is 8. The van der Waals surface area contributed by atoms with Crippen molar-refractivity contribution in [3.63, 3.8) is 0 Å². The maximum Gasteiger partial charge on any atom is 0.174 e. The first kappa shape index (κ1) is 23.5. The molecule has 1 aliphatic heterocycles. The minimum atomic E-state index is -0.636. The van der Waals surface area contributed by atoms with Gasteiger partial charge in [-0.05, 0) is 35.4 Å². The van der Waals surface area contributed by atoms with Gasteiger partial charge >= 0.3 is 0 Å². The number of fused-ring (bicyclic) bond motifs is 1. The van der Waals surface area contributed by atoms with Crippen molar-refractivity contribution in [3.8, 4) is 28.7 Å². The molecule has 5 rings (SSSR count). The molecule has 0 radical (unpaired) electrons. The molecule has 0 unspecified atom stereocenters. The zero-order chi connectivity index (χ0) is 25.2. The number of nitrogens with zero attached hydrogens (tertiary/aromatic N) is 3. The van der Waals surface area contributed by atoms with Crippen LogP contribution in [0.15, 0.2) is 60.8 Å². The Hall–Kier alpha value is -4.24. The third-order valence-electron chi connectivity index (χ3n) is 5.75. The summed E-state index contributed by atoms with van der Waals surface area (Å²) in [7, 11) is 1.45. The summed E-state index contributed by atoms with van der Waals surface area (Å²) < 4.78 is 18.6. The number of methoxy groups -OCH3 is 1. The molecular formula is C26H22ClN3O6. The number of benzene rings is 3. The maximum atomic E-state index is 12.8. The second-order valence-electron chi connectivity index (χ2n) is 8.31. The lowest BCUT2D eigenvalue weighted by Gasteiger charge is -2.26. The van der Waals surface area contributed by atoms with Gasteiger partial charge in [0, 0.05) is 17.2 Å². The predicted octanol–water partition coefficient (Wildman–Crippen LogP) is 4.69. The van der Waals surface area contributed by atoms with Crippen LogP contribution in [0.25, 0.3) is 0 Å². The molecule has 184 valence electrons. The maximum absolute atomic E-state index is 12.8. The van der Waals surface area contributed by atoms with E-state index >= 15 is 0 Å². The number of halogens is 1. The highest BCUT2D eigenvalue weighted by Gasteiger charge is 2.31. The minimum Gasteiger partial charge on any atom is -0.507 e. The Labute approximate surface area is 211 Å². The number of aromatic nitrogens is 3. The van der Waals surface area contributed by atoms with E-state index in [1.807, 2.05) is 18.2 Å². The zero-order valence-corrected chi connectivity index (χ0v) is 20.0. The molecule has 0 spiro atoms. The molecule has 10 heteroatoms. The summed E-state index contributed by atoms with van der Waals surface area (Å²) in [5, 5.41) is 29.5. The van der Waals surface area contributed by atoms with E-state index in [0.717, 1.165) is 5.56 Å². The van der Waals surface area contributed by atoms with E-state index in [4.69, 9.17) is 25.8 Å². The molecule has 1 aromatic heterocycles. The summed E-state index contributed by atoms with van der Waals surface area (Å²) in [4.78, 5) is 12.8. The fraction of sp³-hybridized carbons (Fsp3) is 0.192. The van der Waals surface area contributed by atoms with E-state index in [2.05, 4.69) is 10.3 Å². The molecule has 0 aliphatic carbocycles. The lowest BCUT2D eigenvalue weighted by molar-refractivity contribution is 0.0844. The number of aromatic hydroxyl groups is 2. The van der Waals surface area contributed by atoms with Gasteiger partial charge in [-0.2, -0.15) is 0 Å². The lowest BCUT2D eigenvalue weighted by atomic mass is 9.95. The topological polar surface area (TPSA) is 116 Å². The highest BCUT2D eigenvalue weighted by atomic mass is 35.5. The number of ether oxygens (including phenoxy) is 3. The first-order valence-corrected chi connectivity index (χ1v) is 11.5. The number of phenolic OH excluding ortho intramolecular Hbond substituents is 2. The van der Waals surface area contributed by atoms with Crippen molar-refractivity contribution >= 4 is 17.4 Å². The van der Waals surface area contributed by atoms with Gasteiger partial charge in [-0.15, -0.1) is 5.10 Å². The van der Waals surface area contributed by atoms with Gasteiger partial charge < -0.3 is 24.4 Å². The third-order valence-corrected chi connectivity index (χ3v) is 5.99. The first-order chi connectivity index (χ1) is 17.4. The van der Waals surface area contributed by atoms with Crippen molar-refractivity contribution in [2.75, 3.05) is 7.11 Å². The Kier molecular flexibility index (Phi) is 6.39. The second-order valence-corrected chi connectivity index (χ2v) is 8.74. The summed E-state index contributed by atoms with van der Waals surface area (Å²) in [6.07, 6.45) is 1.14. The fourth-order valence-electron chi connectivity index (χ4n) is 4.05. The van der Waals surface area contributed by atoms with E-state index in [1.165, 1.54) is 19.2 Å². The standard InChI is InChI=1S/C26H22ClN3O6/c1-34-23-6-5-16(8-20(23)31)24-11-22(33)26-21(32)9-19(10-25(26)36-24)35-14-18-13-30(29-28-18)12-15-3-2-4-17(27)7-15/h2-10,13,24,31-32H,11-12,14H2,1H3/t24-/m0/s1. The molecule has 3 aromatic carbocycles. The highest BCUT2D eigenvalue weighted by molar-refractivity contribution is 6.30. The van der Waals surface area contributed by atoms with E-state index in [-0.39, 0.29) is 41.6 Å². The molecule has 36 heavy (non-hydrogen) atoms. The molecule has 4 aromatic rings. The molecule has 0 saturated carbocycles. The van der Waals surface area contributed by atoms with E-state index in [0.29, 0.717) is 34.3 Å². The summed E-state index contributed by atoms with van der Waals surface area (Å²) in [5.74, 6) is 0.268. The molecule has 2 heterocycles. The molecule has 9 nitrogen and oxygen atoms in total. The van der Waals surface area contributed by atoms with Crippen molar-refractivity contribution < 1.29 is 29.2 Å². The molecule has 1 aliphatic rings. The fourth-order valence-corrected chi connectivity index (χ4v) is 4.27. The Balaban J connectivity index is 1.30. The van der Waals surface area contributed by atoms with Gasteiger partial charge in [0.25, 0.3) is 0 Å². The Morgan fingerprint density at radius 2 is 2.00 bits per heavy atom. The normalized spacial score (nSPS) is 14.7. The van der Waals surface area contributed by atoms with Gasteiger partial charge in [-0.3, -0.25) is 4.79 Å². The molecular weight excluding hydrogens is 486 g/mol. The molecule has 0 saturated heterocycles. The van der Waals surface area contributed by atoms with Crippen molar-refractivity contribution in [1.82, 2.24) is 15.0 Å². The van der Waals surface area contributed by atoms with Gasteiger partial charge in [0.1, 0.15) is 41.2 Å². The molecule has 0 fully saturated rings. The highest BCUT2D eigenvalue weighted by Crippen LogP contribution is 2.43. The summed E-state index contributed by atoms with van der Waals surface area (Å²) in [5.41, 5.74) is 2.28. The summed E-state index contributed by atoms with van der Waals surface area (Å²) in [6.45, 7) is 0.600. The Morgan fingerprint density at radius 1 is 1.14 bits per heavy atom. The van der Waals surface area contributed by atoms with Gasteiger partial charge in [0.15, 0.2) is 17.3 Å². The van der Waals surface area contributed by atoms with Crippen molar-refractivity contribution in [2.45, 2.75) is 25.7 Å². The number of rotatable bonds is 7. The van der Waals surface area contributed by atoms with Crippen LogP contribution in [0.4, 0.5) is 0 Å². The van der Waals surface area contributed by atoms with Crippen LogP contribution in [-0.4, -0.2) is 38.1 Å². The third kappa shape index (κ3) is 4.92. The van der Waals surface area contributed by atoms with Gasteiger partial charge in [-0.25, -0.2) is 4.68 Å². The summed E-state index contributed by atoms with van der Waals surface area (Å²) in [6, 6.07) is 15.2. The van der Waals surface area contributed by atoms with Gasteiger partial charge in [-0.1, -0.05) is 35.0 Å². The minimum absolute atomic E-state index is 0.0161. The number of carbonyl (C=O) groups is 1. The second kappa shape index (κ2) is 9.79. The van der Waals surface area contributed by atoms with Crippen LogP contribution in [0.3, 0.4) is 0 Å². The van der Waals surface area contributed by atoms with Crippen LogP contribution in [0, 0.1) is 0 Å². The van der Waals surface area contributed by atoms with Crippen LogP contribution in [-0.2, 0) is 13.2 Å². The van der Waals surface area contributed by atoms with Gasteiger partial charge in [0.2, 0.25) is 0 Å². The number of ketones is 1. The van der Waals surface area contributed by atoms with E-state index in [1.54, 1.807) is 35.1 Å². The largest absolute Gasteiger partial charge is 0.507 e. The quantitative estimate of drug-likeness (QED) is 0.370. The van der Waals surface area contributed by atoms with Crippen LogP contribution >= 0.6 is 11.6 Å². The molecule has 0 bridgehead atoms. The smallest absolute Gasteiger partial charge is 0.174 e. The Morgan fingerprint density at radius 3 is 2.78 bits per heavy atom. The first-order valence-electron chi connectivity index (χ1n) is 11.1. The average Bonchev–Trinajstić information content (AvgIpc) is 3.29. The summed E-state index contributed by atoms with van der Waals surface area (Å²) >= 11 is 6.04. The monoisotopic (exact) mass is 507 g/mol. The number of Topliss-reactive ketones (excluding diaryl/α,β-unsaturated/α-hetero) is 1. The molecule has 0 amide bonds. The molecule has 2 N–H and O–H groups in total. The van der Waals surface area contributed by atoms with Crippen molar-refractivity contribution in [1.29, 1.82) is 0 Å². The van der Waals surface area contributed by atoms with Crippen LogP contribution in [0.5, 0.6) is 28.7 Å². The van der Waals surface area contributed by atoms with Crippen LogP contribution < -0.4 is 14.2 Å². The lowest BCUT2D eigenvalue weighted by Crippen LogP contribution is -2.20. The number of phenols is 2. The zero-order valence-electron chi connectivity index (χ0n) is 19.2.